The van der Waals surface area contributed by atoms with Gasteiger partial charge < -0.3 is 19.7 Å². The Morgan fingerprint density at radius 1 is 1.23 bits per heavy atom. The molecule has 2 rings (SSSR count). The number of amides is 1. The first kappa shape index (κ1) is 19.8. The highest BCUT2D eigenvalue weighted by atomic mass is 35.5. The Kier molecular flexibility index (Phi) is 7.09. The molecule has 0 saturated carbocycles. The zero-order valence-electron chi connectivity index (χ0n) is 15.5. The normalized spacial score (nSPS) is 10.3. The summed E-state index contributed by atoms with van der Waals surface area (Å²) < 4.78 is 10.6. The van der Waals surface area contributed by atoms with Crippen molar-refractivity contribution in [2.45, 2.75) is 19.8 Å². The molecule has 0 unspecified atom stereocenters. The summed E-state index contributed by atoms with van der Waals surface area (Å²) in [7, 11) is 4.91. The molecule has 1 N–H and O–H groups in total. The average Bonchev–Trinajstić information content (AvgIpc) is 2.67. The largest absolute Gasteiger partial charge is 0.495 e. The Labute approximate surface area is 159 Å². The third-order valence-corrected chi connectivity index (χ3v) is 4.24. The third kappa shape index (κ3) is 4.79. The zero-order valence-corrected chi connectivity index (χ0v) is 16.3. The van der Waals surface area contributed by atoms with Crippen LogP contribution in [0.3, 0.4) is 0 Å². The van der Waals surface area contributed by atoms with Crippen LogP contribution in [0.5, 0.6) is 11.5 Å². The fourth-order valence-electron chi connectivity index (χ4n) is 2.41. The third-order valence-electron chi connectivity index (χ3n) is 3.94. The van der Waals surface area contributed by atoms with Gasteiger partial charge in [-0.2, -0.15) is 0 Å². The van der Waals surface area contributed by atoms with Crippen LogP contribution in [0.1, 0.15) is 30.1 Å². The number of halogens is 1. The molecule has 1 aromatic carbocycles. The van der Waals surface area contributed by atoms with Crippen LogP contribution in [0.2, 0.25) is 5.02 Å². The molecule has 0 aliphatic carbocycles. The molecule has 2 aromatic rings. The SMILES string of the molecule is CCCCN(C)C(=O)c1ccc(Nc2cc(OC)c(Cl)cc2OC)nc1. The standard InChI is InChI=1S/C19H24ClN3O3/c1-5-6-9-23(2)19(24)13-7-8-18(21-12-13)22-15-11-16(25-3)14(20)10-17(15)26-4/h7-8,10-12H,5-6,9H2,1-4H3,(H,21,22). The van der Waals surface area contributed by atoms with E-state index < -0.39 is 0 Å². The van der Waals surface area contributed by atoms with Crippen LogP contribution in [0.15, 0.2) is 30.5 Å². The van der Waals surface area contributed by atoms with Crippen molar-refractivity contribution in [2.24, 2.45) is 0 Å². The molecular weight excluding hydrogens is 354 g/mol. The number of methoxy groups -OCH3 is 2. The molecule has 6 nitrogen and oxygen atoms in total. The van der Waals surface area contributed by atoms with Gasteiger partial charge in [-0.05, 0) is 18.6 Å². The maximum Gasteiger partial charge on any atom is 0.255 e. The van der Waals surface area contributed by atoms with Crippen molar-refractivity contribution >= 4 is 29.0 Å². The van der Waals surface area contributed by atoms with Crippen LogP contribution in [0.4, 0.5) is 11.5 Å². The Bertz CT molecular complexity index is 750. The van der Waals surface area contributed by atoms with E-state index in [-0.39, 0.29) is 5.91 Å². The number of nitrogens with one attached hydrogen (secondary N) is 1. The summed E-state index contributed by atoms with van der Waals surface area (Å²) in [4.78, 5) is 18.4. The molecule has 0 fully saturated rings. The van der Waals surface area contributed by atoms with Crippen molar-refractivity contribution < 1.29 is 14.3 Å². The number of anilines is 2. The fraction of sp³-hybridized carbons (Fsp3) is 0.368. The van der Waals surface area contributed by atoms with E-state index in [0.717, 1.165) is 19.4 Å². The van der Waals surface area contributed by atoms with Gasteiger partial charge in [0.15, 0.2) is 0 Å². The van der Waals surface area contributed by atoms with Crippen LogP contribution in [-0.2, 0) is 0 Å². The summed E-state index contributed by atoms with van der Waals surface area (Å²) in [5.74, 6) is 1.64. The van der Waals surface area contributed by atoms with E-state index in [2.05, 4.69) is 17.2 Å². The molecule has 0 spiro atoms. The number of rotatable bonds is 8. The van der Waals surface area contributed by atoms with Crippen molar-refractivity contribution in [1.82, 2.24) is 9.88 Å². The number of nitrogens with zero attached hydrogens (tertiary/aromatic N) is 2. The Morgan fingerprint density at radius 3 is 2.54 bits per heavy atom. The molecule has 0 aliphatic heterocycles. The lowest BCUT2D eigenvalue weighted by Crippen LogP contribution is -2.27. The quantitative estimate of drug-likeness (QED) is 0.740. The molecule has 0 bridgehead atoms. The molecular formula is C19H24ClN3O3. The predicted molar refractivity (Wildman–Crippen MR) is 104 cm³/mol. The number of pyridine rings is 1. The number of carbonyl (C=O) groups excluding carboxylic acids is 1. The van der Waals surface area contributed by atoms with E-state index in [1.54, 1.807) is 56.6 Å². The van der Waals surface area contributed by atoms with Gasteiger partial charge in [-0.25, -0.2) is 4.98 Å². The molecule has 0 radical (unpaired) electrons. The van der Waals surface area contributed by atoms with Gasteiger partial charge in [0.2, 0.25) is 0 Å². The number of hydrogen-bond acceptors (Lipinski definition) is 5. The molecule has 0 saturated heterocycles. The van der Waals surface area contributed by atoms with E-state index in [9.17, 15) is 4.79 Å². The van der Waals surface area contributed by atoms with Gasteiger partial charge in [-0.3, -0.25) is 4.79 Å². The Morgan fingerprint density at radius 2 is 1.96 bits per heavy atom. The molecule has 26 heavy (non-hydrogen) atoms. The van der Waals surface area contributed by atoms with Gasteiger partial charge in [-0.1, -0.05) is 24.9 Å². The van der Waals surface area contributed by atoms with Crippen molar-refractivity contribution in [2.75, 3.05) is 33.1 Å². The maximum absolute atomic E-state index is 12.4. The van der Waals surface area contributed by atoms with Crippen LogP contribution < -0.4 is 14.8 Å². The monoisotopic (exact) mass is 377 g/mol. The fourth-order valence-corrected chi connectivity index (χ4v) is 2.64. The number of unbranched alkanes of at least 4 members (excludes halogenated alkanes) is 1. The van der Waals surface area contributed by atoms with Crippen molar-refractivity contribution in [3.05, 3.63) is 41.0 Å². The predicted octanol–water partition coefficient (Wildman–Crippen LogP) is 4.37. The minimum atomic E-state index is -0.0387. The number of aromatic nitrogens is 1. The Hall–Kier alpha value is -2.47. The van der Waals surface area contributed by atoms with Crippen molar-refractivity contribution in [3.8, 4) is 11.5 Å². The molecule has 1 heterocycles. The second-order valence-electron chi connectivity index (χ2n) is 5.82. The Balaban J connectivity index is 2.16. The number of hydrogen-bond donors (Lipinski definition) is 1. The van der Waals surface area contributed by atoms with Crippen molar-refractivity contribution in [3.63, 3.8) is 0 Å². The summed E-state index contributed by atoms with van der Waals surface area (Å²) in [6.45, 7) is 2.83. The second-order valence-corrected chi connectivity index (χ2v) is 6.23. The highest BCUT2D eigenvalue weighted by molar-refractivity contribution is 6.32. The van der Waals surface area contributed by atoms with Gasteiger partial charge in [0.1, 0.15) is 17.3 Å². The van der Waals surface area contributed by atoms with Gasteiger partial charge in [0, 0.05) is 31.9 Å². The van der Waals surface area contributed by atoms with Crippen LogP contribution in [0.25, 0.3) is 0 Å². The van der Waals surface area contributed by atoms with E-state index in [0.29, 0.717) is 33.6 Å². The van der Waals surface area contributed by atoms with Crippen LogP contribution in [-0.4, -0.2) is 43.6 Å². The van der Waals surface area contributed by atoms with Crippen LogP contribution >= 0.6 is 11.6 Å². The van der Waals surface area contributed by atoms with Crippen LogP contribution in [0, 0.1) is 0 Å². The molecule has 1 amide bonds. The molecule has 140 valence electrons. The second kappa shape index (κ2) is 9.29. The molecule has 7 heteroatoms. The average molecular weight is 378 g/mol. The summed E-state index contributed by atoms with van der Waals surface area (Å²) in [6, 6.07) is 6.91. The lowest BCUT2D eigenvalue weighted by Gasteiger charge is -2.17. The summed E-state index contributed by atoms with van der Waals surface area (Å²) in [5, 5.41) is 3.61. The molecule has 0 aliphatic rings. The molecule has 0 atom stereocenters. The summed E-state index contributed by atoms with van der Waals surface area (Å²) in [5.41, 5.74) is 1.22. The van der Waals surface area contributed by atoms with E-state index in [4.69, 9.17) is 21.1 Å². The minimum Gasteiger partial charge on any atom is -0.495 e. The van der Waals surface area contributed by atoms with Gasteiger partial charge in [0.25, 0.3) is 5.91 Å². The first-order chi connectivity index (χ1) is 12.5. The summed E-state index contributed by atoms with van der Waals surface area (Å²) in [6.07, 6.45) is 3.59. The number of carbonyl (C=O) groups is 1. The van der Waals surface area contributed by atoms with E-state index in [1.807, 2.05) is 0 Å². The van der Waals surface area contributed by atoms with E-state index >= 15 is 0 Å². The number of ether oxygens (including phenoxy) is 2. The molecule has 1 aromatic heterocycles. The highest BCUT2D eigenvalue weighted by Gasteiger charge is 2.13. The van der Waals surface area contributed by atoms with Gasteiger partial charge in [0.05, 0.1) is 30.5 Å². The zero-order chi connectivity index (χ0) is 19.1. The summed E-state index contributed by atoms with van der Waals surface area (Å²) >= 11 is 6.11. The lowest BCUT2D eigenvalue weighted by molar-refractivity contribution is 0.0793. The maximum atomic E-state index is 12.4. The highest BCUT2D eigenvalue weighted by Crippen LogP contribution is 2.37. The smallest absolute Gasteiger partial charge is 0.255 e. The number of benzene rings is 1. The van der Waals surface area contributed by atoms with E-state index in [1.165, 1.54) is 0 Å². The first-order valence-electron chi connectivity index (χ1n) is 8.40. The first-order valence-corrected chi connectivity index (χ1v) is 8.78. The van der Waals surface area contributed by atoms with Gasteiger partial charge in [-0.15, -0.1) is 0 Å². The van der Waals surface area contributed by atoms with Gasteiger partial charge >= 0.3 is 0 Å². The minimum absolute atomic E-state index is 0.0387. The van der Waals surface area contributed by atoms with Crippen molar-refractivity contribution in [1.29, 1.82) is 0 Å². The topological polar surface area (TPSA) is 63.7 Å². The lowest BCUT2D eigenvalue weighted by atomic mass is 10.2.